The molecule has 0 heterocycles. The number of hydrogen-bond acceptors (Lipinski definition) is 0. The summed E-state index contributed by atoms with van der Waals surface area (Å²) in [7, 11) is 0. The second-order valence-electron chi connectivity index (χ2n) is 2.55. The van der Waals surface area contributed by atoms with Gasteiger partial charge in [-0.25, -0.2) is 6.07 Å². The van der Waals surface area contributed by atoms with Gasteiger partial charge in [0, 0.05) is 0 Å². The molecule has 4 heteroatoms. The van der Waals surface area contributed by atoms with Crippen molar-refractivity contribution < 1.29 is 55.8 Å². The van der Waals surface area contributed by atoms with E-state index in [1.165, 1.54) is 24.0 Å². The SMILES string of the molecule is CCCc1cc[c-](C)c1.[Cl-].[Cl-].[Cl-].[V+4]. The maximum atomic E-state index is 2.25. The fourth-order valence-corrected chi connectivity index (χ4v) is 1.07. The minimum Gasteiger partial charge on any atom is -1.00 e. The zero-order chi connectivity index (χ0) is 6.69. The molecular weight excluding hydrogens is 265 g/mol. The van der Waals surface area contributed by atoms with Crippen LogP contribution in [0.5, 0.6) is 0 Å². The van der Waals surface area contributed by atoms with Gasteiger partial charge >= 0.3 is 18.6 Å². The first-order chi connectivity index (χ1) is 4.33. The summed E-state index contributed by atoms with van der Waals surface area (Å²) in [4.78, 5) is 0. The Hall–Kier alpha value is 0.804. The molecule has 0 aliphatic rings. The molecule has 0 saturated carbocycles. The van der Waals surface area contributed by atoms with Gasteiger partial charge in [0.25, 0.3) is 0 Å². The summed E-state index contributed by atoms with van der Waals surface area (Å²) < 4.78 is 0. The molecule has 0 unspecified atom stereocenters. The Bertz CT molecular complexity index is 187. The van der Waals surface area contributed by atoms with Gasteiger partial charge < -0.3 is 37.2 Å². The summed E-state index contributed by atoms with van der Waals surface area (Å²) >= 11 is 0. The van der Waals surface area contributed by atoms with Crippen molar-refractivity contribution in [3.63, 3.8) is 0 Å². The summed E-state index contributed by atoms with van der Waals surface area (Å²) in [5, 5.41) is 0. The Morgan fingerprint density at radius 3 is 2.08 bits per heavy atom. The second-order valence-corrected chi connectivity index (χ2v) is 2.55. The van der Waals surface area contributed by atoms with E-state index in [9.17, 15) is 0 Å². The van der Waals surface area contributed by atoms with Gasteiger partial charge in [0.1, 0.15) is 0 Å². The molecule has 75 valence electrons. The van der Waals surface area contributed by atoms with Gasteiger partial charge in [0.05, 0.1) is 0 Å². The molecule has 0 spiro atoms. The normalized spacial score (nSPS) is 6.92. The van der Waals surface area contributed by atoms with Gasteiger partial charge in [-0.3, -0.25) is 0 Å². The minimum atomic E-state index is 0. The molecule has 0 nitrogen and oxygen atoms in total. The molecule has 13 heavy (non-hydrogen) atoms. The van der Waals surface area contributed by atoms with Gasteiger partial charge in [0.15, 0.2) is 0 Å². The van der Waals surface area contributed by atoms with Crippen molar-refractivity contribution in [2.24, 2.45) is 0 Å². The molecule has 0 aromatic heterocycles. The molecule has 1 aromatic rings. The van der Waals surface area contributed by atoms with E-state index in [-0.39, 0.29) is 55.8 Å². The zero-order valence-corrected chi connectivity index (χ0v) is 11.4. The van der Waals surface area contributed by atoms with Gasteiger partial charge in [-0.2, -0.15) is 23.3 Å². The molecule has 0 atom stereocenters. The van der Waals surface area contributed by atoms with Crippen molar-refractivity contribution in [1.29, 1.82) is 0 Å². The van der Waals surface area contributed by atoms with Crippen LogP contribution in [0, 0.1) is 6.92 Å². The van der Waals surface area contributed by atoms with Gasteiger partial charge in [-0.1, -0.05) is 26.7 Å². The molecule has 1 rings (SSSR count). The molecule has 0 aliphatic carbocycles. The monoisotopic (exact) mass is 277 g/mol. The van der Waals surface area contributed by atoms with E-state index in [4.69, 9.17) is 0 Å². The van der Waals surface area contributed by atoms with E-state index in [1.54, 1.807) is 0 Å². The third-order valence-corrected chi connectivity index (χ3v) is 1.51. The van der Waals surface area contributed by atoms with Crippen molar-refractivity contribution in [2.45, 2.75) is 26.7 Å². The predicted molar refractivity (Wildman–Crippen MR) is 40.8 cm³/mol. The van der Waals surface area contributed by atoms with Crippen LogP contribution in [0.4, 0.5) is 0 Å². The van der Waals surface area contributed by atoms with Gasteiger partial charge in [-0.15, -0.1) is 0 Å². The maximum absolute atomic E-state index is 2.25. The summed E-state index contributed by atoms with van der Waals surface area (Å²) in [6, 6.07) is 6.63. The van der Waals surface area contributed by atoms with Crippen LogP contribution >= 0.6 is 0 Å². The van der Waals surface area contributed by atoms with E-state index >= 15 is 0 Å². The van der Waals surface area contributed by atoms with Crippen molar-refractivity contribution in [1.82, 2.24) is 0 Å². The molecule has 0 N–H and O–H groups in total. The first-order valence-electron chi connectivity index (χ1n) is 3.55. The van der Waals surface area contributed by atoms with Gasteiger partial charge in [-0.05, 0) is 0 Å². The summed E-state index contributed by atoms with van der Waals surface area (Å²) in [5.41, 5.74) is 2.87. The van der Waals surface area contributed by atoms with Crippen LogP contribution in [-0.4, -0.2) is 0 Å². The van der Waals surface area contributed by atoms with Crippen LogP contribution in [0.15, 0.2) is 18.2 Å². The minimum absolute atomic E-state index is 0. The van der Waals surface area contributed by atoms with Crippen LogP contribution in [0.2, 0.25) is 0 Å². The van der Waals surface area contributed by atoms with E-state index in [0.717, 1.165) is 0 Å². The Kier molecular flexibility index (Phi) is 23.2. The average molecular weight is 279 g/mol. The Labute approximate surface area is 111 Å². The van der Waals surface area contributed by atoms with Crippen LogP contribution in [0.3, 0.4) is 0 Å². The fraction of sp³-hybridized carbons (Fsp3) is 0.444. The Morgan fingerprint density at radius 2 is 1.77 bits per heavy atom. The summed E-state index contributed by atoms with van der Waals surface area (Å²) in [6.45, 7) is 4.35. The standard InChI is InChI=1S/C9H13.3ClH.V/c1-3-4-9-6-5-8(2)7-9;;;;/h5-7H,3-4H2,1-2H3;3*1H;/q-1;;;;+4/p-3. The van der Waals surface area contributed by atoms with Crippen LogP contribution < -0.4 is 37.2 Å². The molecule has 0 saturated heterocycles. The van der Waals surface area contributed by atoms with Crippen LogP contribution in [0.25, 0.3) is 0 Å². The zero-order valence-electron chi connectivity index (χ0n) is 7.73. The number of aryl methyl sites for hydroxylation is 2. The number of hydrogen-bond donors (Lipinski definition) is 0. The third kappa shape index (κ3) is 9.12. The molecular formula is C9H13Cl3V. The predicted octanol–water partition coefficient (Wildman–Crippen LogP) is -6.32. The van der Waals surface area contributed by atoms with Crippen LogP contribution in [0.1, 0.15) is 24.5 Å². The molecule has 0 amide bonds. The van der Waals surface area contributed by atoms with E-state index < -0.39 is 0 Å². The average Bonchev–Trinajstić information content (AvgIpc) is 2.17. The summed E-state index contributed by atoms with van der Waals surface area (Å²) in [6.07, 6.45) is 2.48. The quantitative estimate of drug-likeness (QED) is 0.472. The van der Waals surface area contributed by atoms with Crippen molar-refractivity contribution in [3.8, 4) is 0 Å². The van der Waals surface area contributed by atoms with Crippen molar-refractivity contribution in [2.75, 3.05) is 0 Å². The van der Waals surface area contributed by atoms with E-state index in [1.807, 2.05) is 0 Å². The van der Waals surface area contributed by atoms with Crippen LogP contribution in [-0.2, 0) is 25.0 Å². The van der Waals surface area contributed by atoms with E-state index in [0.29, 0.717) is 0 Å². The van der Waals surface area contributed by atoms with E-state index in [2.05, 4.69) is 32.0 Å². The number of halogens is 3. The van der Waals surface area contributed by atoms with Gasteiger partial charge in [0.2, 0.25) is 0 Å². The topological polar surface area (TPSA) is 0 Å². The molecule has 1 aromatic carbocycles. The van der Waals surface area contributed by atoms with Crippen molar-refractivity contribution in [3.05, 3.63) is 29.3 Å². The maximum Gasteiger partial charge on any atom is 4.00 e. The molecule has 0 bridgehead atoms. The second kappa shape index (κ2) is 12.8. The van der Waals surface area contributed by atoms with Crippen molar-refractivity contribution >= 4 is 0 Å². The first kappa shape index (κ1) is 23.5. The third-order valence-electron chi connectivity index (χ3n) is 1.51. The fourth-order valence-electron chi connectivity index (χ4n) is 1.07. The smallest absolute Gasteiger partial charge is 1.00 e. The molecule has 0 aliphatic heterocycles. The number of rotatable bonds is 2. The Balaban J connectivity index is -0.000000101. The largest absolute Gasteiger partial charge is 4.00 e. The molecule has 1 radical (unpaired) electrons. The summed E-state index contributed by atoms with van der Waals surface area (Å²) in [5.74, 6) is 0. The first-order valence-corrected chi connectivity index (χ1v) is 3.55. The Morgan fingerprint density at radius 1 is 1.23 bits per heavy atom. The molecule has 0 fully saturated rings.